The number of halogens is 1. The zero-order valence-electron chi connectivity index (χ0n) is 12.8. The van der Waals surface area contributed by atoms with Crippen LogP contribution in [0.25, 0.3) is 0 Å². The van der Waals surface area contributed by atoms with E-state index in [1.54, 1.807) is 0 Å². The Hall–Kier alpha value is -0.280. The first-order valence-electron chi connectivity index (χ1n) is 8.14. The maximum absolute atomic E-state index is 10.5. The first kappa shape index (κ1) is 19.7. The molecule has 120 valence electrons. The smallest absolute Gasteiger partial charge is 0.334 e. The fourth-order valence-corrected chi connectivity index (χ4v) is 2.58. The summed E-state index contributed by atoms with van der Waals surface area (Å²) in [6.07, 6.45) is 13.0. The van der Waals surface area contributed by atoms with Gasteiger partial charge in [-0.1, -0.05) is 77.6 Å². The molecule has 0 aromatic rings. The normalized spacial score (nSPS) is 14.2. The van der Waals surface area contributed by atoms with Crippen LogP contribution < -0.4 is 0 Å². The summed E-state index contributed by atoms with van der Waals surface area (Å²) >= 11 is 5.82. The van der Waals surface area contributed by atoms with Crippen LogP contribution in [0, 0.1) is 0 Å². The SMILES string of the molecule is CCCCCCCCCCCCCC(Cl)[C@H](O)C(=O)O. The Morgan fingerprint density at radius 3 is 1.70 bits per heavy atom. The van der Waals surface area contributed by atoms with Crippen LogP contribution in [0.1, 0.15) is 84.0 Å². The molecule has 0 spiro atoms. The van der Waals surface area contributed by atoms with E-state index in [9.17, 15) is 9.90 Å². The number of hydrogen-bond acceptors (Lipinski definition) is 2. The third-order valence-electron chi connectivity index (χ3n) is 3.68. The molecule has 20 heavy (non-hydrogen) atoms. The minimum atomic E-state index is -1.43. The molecule has 3 nitrogen and oxygen atoms in total. The van der Waals surface area contributed by atoms with E-state index >= 15 is 0 Å². The molecule has 0 aliphatic rings. The Morgan fingerprint density at radius 2 is 1.30 bits per heavy atom. The predicted molar refractivity (Wildman–Crippen MR) is 84.4 cm³/mol. The number of aliphatic carboxylic acids is 1. The number of hydrogen-bond donors (Lipinski definition) is 2. The number of alkyl halides is 1. The molecule has 0 radical (unpaired) electrons. The summed E-state index contributed by atoms with van der Waals surface area (Å²) in [4.78, 5) is 10.5. The lowest BCUT2D eigenvalue weighted by Gasteiger charge is -2.12. The highest BCUT2D eigenvalue weighted by Gasteiger charge is 2.22. The van der Waals surface area contributed by atoms with E-state index in [1.165, 1.54) is 57.8 Å². The van der Waals surface area contributed by atoms with Gasteiger partial charge in [0.15, 0.2) is 6.10 Å². The van der Waals surface area contributed by atoms with Crippen LogP contribution >= 0.6 is 11.6 Å². The molecule has 1 unspecified atom stereocenters. The van der Waals surface area contributed by atoms with Crippen LogP contribution in [0.2, 0.25) is 0 Å². The van der Waals surface area contributed by atoms with E-state index < -0.39 is 17.5 Å². The highest BCUT2D eigenvalue weighted by molar-refractivity contribution is 6.22. The molecule has 0 saturated heterocycles. The van der Waals surface area contributed by atoms with Crippen molar-refractivity contribution in [3.8, 4) is 0 Å². The first-order valence-corrected chi connectivity index (χ1v) is 8.58. The van der Waals surface area contributed by atoms with Crippen LogP contribution in [0.5, 0.6) is 0 Å². The predicted octanol–water partition coefficient (Wildman–Crippen LogP) is 4.74. The Bertz CT molecular complexity index is 234. The maximum Gasteiger partial charge on any atom is 0.334 e. The van der Waals surface area contributed by atoms with Crippen LogP contribution in [0.3, 0.4) is 0 Å². The van der Waals surface area contributed by atoms with Gasteiger partial charge >= 0.3 is 5.97 Å². The second-order valence-corrected chi connectivity index (χ2v) is 6.18. The molecule has 0 bridgehead atoms. The zero-order chi connectivity index (χ0) is 15.2. The Labute approximate surface area is 128 Å². The van der Waals surface area contributed by atoms with Gasteiger partial charge in [0.2, 0.25) is 0 Å². The number of unbranched alkanes of at least 4 members (excludes halogenated alkanes) is 10. The van der Waals surface area contributed by atoms with Gasteiger partial charge in [-0.3, -0.25) is 0 Å². The molecule has 0 aromatic carbocycles. The minimum Gasteiger partial charge on any atom is -0.479 e. The summed E-state index contributed by atoms with van der Waals surface area (Å²) in [7, 11) is 0. The van der Waals surface area contributed by atoms with Crippen LogP contribution in [-0.4, -0.2) is 27.7 Å². The van der Waals surface area contributed by atoms with Crippen LogP contribution in [-0.2, 0) is 4.79 Å². The number of aliphatic hydroxyl groups excluding tert-OH is 1. The highest BCUT2D eigenvalue weighted by Crippen LogP contribution is 2.16. The molecule has 0 aliphatic carbocycles. The zero-order valence-corrected chi connectivity index (χ0v) is 13.6. The fourth-order valence-electron chi connectivity index (χ4n) is 2.32. The van der Waals surface area contributed by atoms with Gasteiger partial charge in [-0.2, -0.15) is 0 Å². The number of aliphatic hydroxyl groups is 1. The third-order valence-corrected chi connectivity index (χ3v) is 4.14. The van der Waals surface area contributed by atoms with Gasteiger partial charge in [0.1, 0.15) is 0 Å². The van der Waals surface area contributed by atoms with Crippen molar-refractivity contribution in [2.45, 2.75) is 95.5 Å². The van der Waals surface area contributed by atoms with Crippen molar-refractivity contribution >= 4 is 17.6 Å². The van der Waals surface area contributed by atoms with Crippen molar-refractivity contribution in [1.29, 1.82) is 0 Å². The minimum absolute atomic E-state index is 0.575. The van der Waals surface area contributed by atoms with Gasteiger partial charge in [-0.05, 0) is 6.42 Å². The molecule has 2 atom stereocenters. The van der Waals surface area contributed by atoms with Crippen molar-refractivity contribution in [1.82, 2.24) is 0 Å². The van der Waals surface area contributed by atoms with Crippen molar-refractivity contribution in [3.63, 3.8) is 0 Å². The summed E-state index contributed by atoms with van der Waals surface area (Å²) < 4.78 is 0. The number of rotatable bonds is 14. The van der Waals surface area contributed by atoms with E-state index in [4.69, 9.17) is 16.7 Å². The molecule has 2 N–H and O–H groups in total. The van der Waals surface area contributed by atoms with E-state index in [-0.39, 0.29) is 0 Å². The standard InChI is InChI=1S/C16H31ClO3/c1-2-3-4-5-6-7-8-9-10-11-12-13-14(17)15(18)16(19)20/h14-15,18H,2-13H2,1H3,(H,19,20)/t14?,15-/m0/s1. The Morgan fingerprint density at radius 1 is 0.900 bits per heavy atom. The lowest BCUT2D eigenvalue weighted by atomic mass is 10.0. The van der Waals surface area contributed by atoms with Gasteiger partial charge in [0.25, 0.3) is 0 Å². The second kappa shape index (κ2) is 13.7. The van der Waals surface area contributed by atoms with Crippen molar-refractivity contribution in [3.05, 3.63) is 0 Å². The summed E-state index contributed by atoms with van der Waals surface area (Å²) in [5.74, 6) is -1.23. The average Bonchev–Trinajstić information content (AvgIpc) is 2.43. The molecule has 0 fully saturated rings. The third kappa shape index (κ3) is 11.5. The van der Waals surface area contributed by atoms with Crippen molar-refractivity contribution in [2.75, 3.05) is 0 Å². The van der Waals surface area contributed by atoms with Gasteiger partial charge in [0.05, 0.1) is 5.38 Å². The molecule has 4 heteroatoms. The lowest BCUT2D eigenvalue weighted by molar-refractivity contribution is -0.146. The topological polar surface area (TPSA) is 57.5 Å². The van der Waals surface area contributed by atoms with Gasteiger partial charge < -0.3 is 10.2 Å². The maximum atomic E-state index is 10.5. The highest BCUT2D eigenvalue weighted by atomic mass is 35.5. The molecule has 0 amide bonds. The first-order chi connectivity index (χ1) is 9.59. The molecule has 0 heterocycles. The average molecular weight is 307 g/mol. The van der Waals surface area contributed by atoms with Crippen molar-refractivity contribution < 1.29 is 15.0 Å². The fraction of sp³-hybridized carbons (Fsp3) is 0.938. The summed E-state index contributed by atoms with van der Waals surface area (Å²) in [5.41, 5.74) is 0. The van der Waals surface area contributed by atoms with Gasteiger partial charge in [-0.15, -0.1) is 11.6 Å². The van der Waals surface area contributed by atoms with E-state index in [1.807, 2.05) is 0 Å². The quantitative estimate of drug-likeness (QED) is 0.360. The van der Waals surface area contributed by atoms with Crippen LogP contribution in [0.15, 0.2) is 0 Å². The number of carbonyl (C=O) groups is 1. The van der Waals surface area contributed by atoms with Gasteiger partial charge in [0, 0.05) is 0 Å². The second-order valence-electron chi connectivity index (χ2n) is 5.62. The molecule has 0 aliphatic heterocycles. The molecular weight excluding hydrogens is 276 g/mol. The monoisotopic (exact) mass is 306 g/mol. The van der Waals surface area contributed by atoms with Crippen LogP contribution in [0.4, 0.5) is 0 Å². The molecule has 0 aromatic heterocycles. The number of carboxylic acids is 1. The van der Waals surface area contributed by atoms with Gasteiger partial charge in [-0.25, -0.2) is 4.79 Å². The molecular formula is C16H31ClO3. The summed E-state index contributed by atoms with van der Waals surface area (Å²) in [5, 5.41) is 17.2. The Kier molecular flexibility index (Phi) is 13.5. The molecule has 0 rings (SSSR count). The van der Waals surface area contributed by atoms with E-state index in [0.29, 0.717) is 6.42 Å². The molecule has 0 saturated carbocycles. The van der Waals surface area contributed by atoms with E-state index in [2.05, 4.69) is 6.92 Å². The number of carboxylic acid groups (broad SMARTS) is 1. The Balaban J connectivity index is 3.22. The van der Waals surface area contributed by atoms with E-state index in [0.717, 1.165) is 12.8 Å². The summed E-state index contributed by atoms with van der Waals surface area (Å²) in [6, 6.07) is 0. The largest absolute Gasteiger partial charge is 0.479 e. The lowest BCUT2D eigenvalue weighted by Crippen LogP contribution is -2.29. The summed E-state index contributed by atoms with van der Waals surface area (Å²) in [6.45, 7) is 2.24. The van der Waals surface area contributed by atoms with Crippen molar-refractivity contribution in [2.24, 2.45) is 0 Å².